The normalized spacial score (nSPS) is 12.5. The minimum absolute atomic E-state index is 0.0341. The van der Waals surface area contributed by atoms with Gasteiger partial charge in [-0.25, -0.2) is 14.1 Å². The van der Waals surface area contributed by atoms with Gasteiger partial charge in [-0.3, -0.25) is 9.78 Å². The number of carbonyl (C=O) groups is 3. The Kier molecular flexibility index (Phi) is 5.37. The average molecular weight is 296 g/mol. The molecule has 21 heavy (non-hydrogen) atoms. The van der Waals surface area contributed by atoms with Crippen LogP contribution in [0.3, 0.4) is 0 Å². The van der Waals surface area contributed by atoms with Crippen molar-refractivity contribution >= 4 is 18.0 Å². The van der Waals surface area contributed by atoms with E-state index in [-0.39, 0.29) is 16.6 Å². The number of aliphatic carboxylic acids is 1. The second-order valence-corrected chi connectivity index (χ2v) is 5.07. The zero-order valence-electron chi connectivity index (χ0n) is 11.9. The minimum Gasteiger partial charge on any atom is -0.481 e. The Bertz CT molecular complexity index is 530. The van der Waals surface area contributed by atoms with Crippen LogP contribution >= 0.6 is 0 Å². The molecule has 1 rings (SSSR count). The molecule has 1 atom stereocenters. The van der Waals surface area contributed by atoms with E-state index in [9.17, 15) is 14.4 Å². The Morgan fingerprint density at radius 1 is 1.43 bits per heavy atom. The number of amides is 2. The SMILES string of the molecule is C[N+](C)(CC(CC(=O)O)OC(=O)c1cccnc1)C(N)=O. The van der Waals surface area contributed by atoms with E-state index in [1.165, 1.54) is 32.6 Å². The lowest BCUT2D eigenvalue weighted by Crippen LogP contribution is -2.53. The van der Waals surface area contributed by atoms with Crippen LogP contribution < -0.4 is 5.73 Å². The second-order valence-electron chi connectivity index (χ2n) is 5.07. The van der Waals surface area contributed by atoms with Crippen LogP contribution in [0.25, 0.3) is 0 Å². The van der Waals surface area contributed by atoms with Crippen molar-refractivity contribution in [2.24, 2.45) is 5.73 Å². The van der Waals surface area contributed by atoms with Gasteiger partial charge in [0.1, 0.15) is 6.54 Å². The van der Waals surface area contributed by atoms with E-state index >= 15 is 0 Å². The van der Waals surface area contributed by atoms with Gasteiger partial charge in [-0.1, -0.05) is 0 Å². The fourth-order valence-electron chi connectivity index (χ4n) is 1.64. The highest BCUT2D eigenvalue weighted by Gasteiger charge is 2.31. The van der Waals surface area contributed by atoms with Gasteiger partial charge in [-0.15, -0.1) is 0 Å². The summed E-state index contributed by atoms with van der Waals surface area (Å²) in [6.45, 7) is -0.0341. The lowest BCUT2D eigenvalue weighted by molar-refractivity contribution is -0.811. The Morgan fingerprint density at radius 2 is 2.10 bits per heavy atom. The number of likely N-dealkylation sites (N-methyl/N-ethyl adjacent to an activating group) is 1. The lowest BCUT2D eigenvalue weighted by atomic mass is 10.2. The second kappa shape index (κ2) is 6.80. The van der Waals surface area contributed by atoms with Crippen LogP contribution in [0.1, 0.15) is 16.8 Å². The molecule has 2 amide bonds. The monoisotopic (exact) mass is 296 g/mol. The summed E-state index contributed by atoms with van der Waals surface area (Å²) in [7, 11) is 3.02. The van der Waals surface area contributed by atoms with Crippen LogP contribution in [0.5, 0.6) is 0 Å². The smallest absolute Gasteiger partial charge is 0.413 e. The molecule has 0 bridgehead atoms. The van der Waals surface area contributed by atoms with Gasteiger partial charge < -0.3 is 15.6 Å². The van der Waals surface area contributed by atoms with Crippen LogP contribution in [0, 0.1) is 0 Å². The number of nitrogens with zero attached hydrogens (tertiary/aromatic N) is 2. The average Bonchev–Trinajstić information content (AvgIpc) is 2.38. The number of pyridine rings is 1. The first-order valence-electron chi connectivity index (χ1n) is 6.18. The molecular formula is C13H18N3O5+. The molecule has 0 saturated heterocycles. The number of hydrogen-bond donors (Lipinski definition) is 2. The zero-order valence-corrected chi connectivity index (χ0v) is 11.9. The maximum atomic E-state index is 11.9. The maximum Gasteiger partial charge on any atom is 0.413 e. The number of carbonyl (C=O) groups excluding carboxylic acids is 2. The van der Waals surface area contributed by atoms with Gasteiger partial charge in [0.25, 0.3) is 0 Å². The van der Waals surface area contributed by atoms with Crippen molar-refractivity contribution in [1.82, 2.24) is 4.98 Å². The van der Waals surface area contributed by atoms with Crippen molar-refractivity contribution < 1.29 is 28.7 Å². The van der Waals surface area contributed by atoms with E-state index in [1.807, 2.05) is 0 Å². The van der Waals surface area contributed by atoms with Crippen LogP contribution in [-0.4, -0.2) is 59.3 Å². The number of ether oxygens (including phenoxy) is 1. The number of carboxylic acid groups (broad SMARTS) is 1. The summed E-state index contributed by atoms with van der Waals surface area (Å²) in [4.78, 5) is 37.8. The molecule has 0 aliphatic rings. The Morgan fingerprint density at radius 3 is 2.57 bits per heavy atom. The number of quaternary nitrogens is 1. The van der Waals surface area contributed by atoms with E-state index in [2.05, 4.69) is 4.98 Å². The van der Waals surface area contributed by atoms with Crippen molar-refractivity contribution in [2.45, 2.75) is 12.5 Å². The Hall–Kier alpha value is -2.48. The predicted molar refractivity (Wildman–Crippen MR) is 72.3 cm³/mol. The summed E-state index contributed by atoms with van der Waals surface area (Å²) in [6.07, 6.45) is 1.42. The molecule has 0 fully saturated rings. The third-order valence-electron chi connectivity index (χ3n) is 2.83. The molecule has 8 heteroatoms. The quantitative estimate of drug-likeness (QED) is 0.573. The topological polar surface area (TPSA) is 120 Å². The largest absolute Gasteiger partial charge is 0.481 e. The summed E-state index contributed by atoms with van der Waals surface area (Å²) in [5.41, 5.74) is 5.43. The predicted octanol–water partition coefficient (Wildman–Crippen LogP) is 0.237. The van der Waals surface area contributed by atoms with Crippen LogP contribution in [0.2, 0.25) is 0 Å². The first kappa shape index (κ1) is 16.6. The number of carboxylic acids is 1. The zero-order chi connectivity index (χ0) is 16.0. The van der Waals surface area contributed by atoms with Crippen molar-refractivity contribution in [1.29, 1.82) is 0 Å². The number of rotatable bonds is 6. The summed E-state index contributed by atoms with van der Waals surface area (Å²) < 4.78 is 4.86. The van der Waals surface area contributed by atoms with E-state index in [1.54, 1.807) is 6.07 Å². The summed E-state index contributed by atoms with van der Waals surface area (Å²) >= 11 is 0. The van der Waals surface area contributed by atoms with E-state index in [0.29, 0.717) is 0 Å². The van der Waals surface area contributed by atoms with Gasteiger partial charge in [-0.2, -0.15) is 0 Å². The summed E-state index contributed by atoms with van der Waals surface area (Å²) in [6, 6.07) is 2.41. The van der Waals surface area contributed by atoms with Crippen LogP contribution in [-0.2, 0) is 9.53 Å². The highest BCUT2D eigenvalue weighted by atomic mass is 16.5. The molecular weight excluding hydrogens is 278 g/mol. The molecule has 114 valence electrons. The van der Waals surface area contributed by atoms with E-state index in [0.717, 1.165) is 0 Å². The molecule has 0 aromatic carbocycles. The fraction of sp³-hybridized carbons (Fsp3) is 0.385. The van der Waals surface area contributed by atoms with E-state index < -0.39 is 30.5 Å². The molecule has 1 aromatic rings. The molecule has 1 heterocycles. The fourth-order valence-corrected chi connectivity index (χ4v) is 1.64. The number of hydrogen-bond acceptors (Lipinski definition) is 5. The Balaban J connectivity index is 2.81. The lowest BCUT2D eigenvalue weighted by Gasteiger charge is -2.28. The molecule has 0 aliphatic heterocycles. The van der Waals surface area contributed by atoms with Gasteiger partial charge >= 0.3 is 18.0 Å². The number of aromatic nitrogens is 1. The number of nitrogens with two attached hydrogens (primary N) is 1. The molecule has 0 radical (unpaired) electrons. The third-order valence-corrected chi connectivity index (χ3v) is 2.83. The van der Waals surface area contributed by atoms with Crippen LogP contribution in [0.4, 0.5) is 4.79 Å². The minimum atomic E-state index is -1.14. The number of esters is 1. The Labute approximate surface area is 121 Å². The van der Waals surface area contributed by atoms with Crippen LogP contribution in [0.15, 0.2) is 24.5 Å². The molecule has 1 unspecified atom stereocenters. The van der Waals surface area contributed by atoms with Crippen molar-refractivity contribution in [3.8, 4) is 0 Å². The van der Waals surface area contributed by atoms with Crippen molar-refractivity contribution in [2.75, 3.05) is 20.6 Å². The van der Waals surface area contributed by atoms with Gasteiger partial charge in [0, 0.05) is 12.4 Å². The molecule has 0 saturated carbocycles. The van der Waals surface area contributed by atoms with Gasteiger partial charge in [0.05, 0.1) is 26.1 Å². The summed E-state index contributed by atoms with van der Waals surface area (Å²) in [5.74, 6) is -1.83. The number of urea groups is 1. The molecule has 1 aromatic heterocycles. The highest BCUT2D eigenvalue weighted by molar-refractivity contribution is 5.89. The molecule has 0 aliphatic carbocycles. The van der Waals surface area contributed by atoms with Gasteiger partial charge in [0.2, 0.25) is 0 Å². The van der Waals surface area contributed by atoms with Crippen molar-refractivity contribution in [3.63, 3.8) is 0 Å². The van der Waals surface area contributed by atoms with E-state index in [4.69, 9.17) is 15.6 Å². The molecule has 8 nitrogen and oxygen atoms in total. The van der Waals surface area contributed by atoms with Gasteiger partial charge in [-0.05, 0) is 12.1 Å². The number of primary amides is 1. The highest BCUT2D eigenvalue weighted by Crippen LogP contribution is 2.10. The van der Waals surface area contributed by atoms with Crippen molar-refractivity contribution in [3.05, 3.63) is 30.1 Å². The first-order valence-corrected chi connectivity index (χ1v) is 6.18. The third kappa shape index (κ3) is 5.19. The molecule has 3 N–H and O–H groups in total. The molecule has 0 spiro atoms. The van der Waals surface area contributed by atoms with Gasteiger partial charge in [0.15, 0.2) is 6.10 Å². The first-order chi connectivity index (χ1) is 9.72. The maximum absolute atomic E-state index is 11.9. The standard InChI is InChI=1S/C13H17N3O5/c1-16(2,13(14)20)8-10(6-11(17)18)21-12(19)9-4-3-5-15-7-9/h3-5,7,10H,6,8H2,1-2H3,(H2-,14,17,18,20)/p+1. The summed E-state index contributed by atoms with van der Waals surface area (Å²) in [5, 5.41) is 8.88.